The predicted octanol–water partition coefficient (Wildman–Crippen LogP) is -0.0314. The Morgan fingerprint density at radius 3 is 1.75 bits per heavy atom. The molecule has 46 valence electrons. The van der Waals surface area contributed by atoms with E-state index in [-0.39, 0.29) is 0 Å². The lowest BCUT2D eigenvalue weighted by molar-refractivity contribution is 0.689. The molecule has 0 N–H and O–H groups in total. The van der Waals surface area contributed by atoms with Crippen LogP contribution in [0.2, 0.25) is 0 Å². The molecule has 1 fully saturated rings. The molecule has 2 nitrogen and oxygen atoms in total. The van der Waals surface area contributed by atoms with Gasteiger partial charge in [-0.1, -0.05) is 6.58 Å². The third-order valence-corrected chi connectivity index (χ3v) is 4.50. The van der Waals surface area contributed by atoms with Crippen LogP contribution in [0.4, 0.5) is 0 Å². The van der Waals surface area contributed by atoms with E-state index in [4.69, 9.17) is 0 Å². The molecule has 0 aromatic heterocycles. The lowest BCUT2D eigenvalue weighted by Gasteiger charge is -1.83. The minimum atomic E-state index is -0.992. The molecule has 2 atom stereocenters. The van der Waals surface area contributed by atoms with E-state index in [1.54, 1.807) is 0 Å². The molecule has 1 aliphatic heterocycles. The van der Waals surface area contributed by atoms with Crippen molar-refractivity contribution in [1.82, 2.24) is 0 Å². The minimum Gasteiger partial charge on any atom is -0.254 e. The highest BCUT2D eigenvalue weighted by molar-refractivity contribution is 8.11. The van der Waals surface area contributed by atoms with Crippen molar-refractivity contribution in [2.45, 2.75) is 0 Å². The molecule has 8 heavy (non-hydrogen) atoms. The van der Waals surface area contributed by atoms with Crippen LogP contribution < -0.4 is 0 Å². The zero-order valence-corrected chi connectivity index (χ0v) is 5.89. The van der Waals surface area contributed by atoms with Crippen molar-refractivity contribution in [3.05, 3.63) is 10.8 Å². The number of rotatable bonds is 0. The second kappa shape index (κ2) is 2.11. The maximum atomic E-state index is 10.6. The molecule has 1 aliphatic rings. The van der Waals surface area contributed by atoms with Crippen LogP contribution in [0.25, 0.3) is 0 Å². The van der Waals surface area contributed by atoms with Crippen molar-refractivity contribution in [2.75, 3.05) is 11.5 Å². The van der Waals surface area contributed by atoms with Gasteiger partial charge in [0, 0.05) is 11.5 Å². The quantitative estimate of drug-likeness (QED) is 0.486. The molecule has 0 aromatic rings. The van der Waals surface area contributed by atoms with E-state index in [0.717, 1.165) is 0 Å². The SMILES string of the molecule is C=C1[S@](=O)CC[S@@]1=O. The van der Waals surface area contributed by atoms with Crippen molar-refractivity contribution < 1.29 is 8.42 Å². The van der Waals surface area contributed by atoms with Gasteiger partial charge in [0.25, 0.3) is 0 Å². The maximum Gasteiger partial charge on any atom is 0.0957 e. The topological polar surface area (TPSA) is 34.1 Å². The van der Waals surface area contributed by atoms with Crippen LogP contribution >= 0.6 is 0 Å². The summed E-state index contributed by atoms with van der Waals surface area (Å²) in [7, 11) is -1.98. The zero-order valence-electron chi connectivity index (χ0n) is 4.25. The maximum absolute atomic E-state index is 10.6. The van der Waals surface area contributed by atoms with Gasteiger partial charge in [-0.2, -0.15) is 0 Å². The minimum absolute atomic E-state index is 0.407. The van der Waals surface area contributed by atoms with E-state index in [0.29, 0.717) is 15.7 Å². The Morgan fingerprint density at radius 2 is 1.62 bits per heavy atom. The Balaban J connectivity index is 2.86. The smallest absolute Gasteiger partial charge is 0.0957 e. The van der Waals surface area contributed by atoms with Crippen LogP contribution in [0.5, 0.6) is 0 Å². The summed E-state index contributed by atoms with van der Waals surface area (Å²) in [5.41, 5.74) is 0. The molecule has 0 bridgehead atoms. The van der Waals surface area contributed by atoms with E-state index >= 15 is 0 Å². The lowest BCUT2D eigenvalue weighted by Crippen LogP contribution is -1.86. The van der Waals surface area contributed by atoms with Crippen LogP contribution in [0, 0.1) is 0 Å². The van der Waals surface area contributed by atoms with Gasteiger partial charge in [-0.25, -0.2) is 0 Å². The molecule has 1 saturated heterocycles. The molecule has 1 heterocycles. The fraction of sp³-hybridized carbons (Fsp3) is 0.500. The molecule has 0 unspecified atom stereocenters. The van der Waals surface area contributed by atoms with Gasteiger partial charge >= 0.3 is 0 Å². The fourth-order valence-corrected chi connectivity index (χ4v) is 3.48. The monoisotopic (exact) mass is 150 g/mol. The molecule has 0 saturated carbocycles. The van der Waals surface area contributed by atoms with E-state index in [1.165, 1.54) is 0 Å². The highest BCUT2D eigenvalue weighted by atomic mass is 32.2. The summed E-state index contributed by atoms with van der Waals surface area (Å²) in [6.45, 7) is 3.42. The summed E-state index contributed by atoms with van der Waals surface area (Å²) in [5, 5.41) is 0. The molecule has 0 spiro atoms. The lowest BCUT2D eigenvalue weighted by atomic mass is 11.0. The van der Waals surface area contributed by atoms with Crippen molar-refractivity contribution in [3.8, 4) is 0 Å². The van der Waals surface area contributed by atoms with Crippen LogP contribution in [0.3, 0.4) is 0 Å². The second-order valence-electron chi connectivity index (χ2n) is 1.47. The van der Waals surface area contributed by atoms with Gasteiger partial charge in [-0.3, -0.25) is 8.42 Å². The summed E-state index contributed by atoms with van der Waals surface area (Å²) in [6, 6.07) is 0. The highest BCUT2D eigenvalue weighted by Crippen LogP contribution is 2.13. The molecule has 1 rings (SSSR count). The first-order valence-corrected chi connectivity index (χ1v) is 4.81. The summed E-state index contributed by atoms with van der Waals surface area (Å²) in [6.07, 6.45) is 0. The zero-order chi connectivity index (χ0) is 6.15. The van der Waals surface area contributed by atoms with Gasteiger partial charge in [-0.05, 0) is 0 Å². The Labute approximate surface area is 52.9 Å². The molecular weight excluding hydrogens is 144 g/mol. The van der Waals surface area contributed by atoms with E-state index in [9.17, 15) is 8.42 Å². The Kier molecular flexibility index (Phi) is 1.62. The van der Waals surface area contributed by atoms with Crippen LogP contribution in [-0.4, -0.2) is 19.9 Å². The van der Waals surface area contributed by atoms with Crippen LogP contribution in [0.1, 0.15) is 0 Å². The average Bonchev–Trinajstić information content (AvgIpc) is 1.98. The van der Waals surface area contributed by atoms with Gasteiger partial charge < -0.3 is 0 Å². The van der Waals surface area contributed by atoms with Crippen LogP contribution in [0.15, 0.2) is 10.8 Å². The van der Waals surface area contributed by atoms with Crippen molar-refractivity contribution in [2.24, 2.45) is 0 Å². The largest absolute Gasteiger partial charge is 0.254 e. The van der Waals surface area contributed by atoms with E-state index < -0.39 is 21.6 Å². The van der Waals surface area contributed by atoms with Gasteiger partial charge in [0.15, 0.2) is 0 Å². The molecule has 0 radical (unpaired) electrons. The Bertz CT molecular complexity index is 155. The highest BCUT2D eigenvalue weighted by Gasteiger charge is 2.20. The van der Waals surface area contributed by atoms with E-state index in [1.807, 2.05) is 0 Å². The first-order valence-electron chi connectivity index (χ1n) is 2.17. The van der Waals surface area contributed by atoms with Crippen molar-refractivity contribution >= 4 is 21.6 Å². The van der Waals surface area contributed by atoms with Crippen molar-refractivity contribution in [1.29, 1.82) is 0 Å². The average molecular weight is 150 g/mol. The first kappa shape index (κ1) is 6.16. The normalized spacial score (nSPS) is 38.2. The predicted molar refractivity (Wildman–Crippen MR) is 35.2 cm³/mol. The summed E-state index contributed by atoms with van der Waals surface area (Å²) >= 11 is 0. The second-order valence-corrected chi connectivity index (χ2v) is 4.91. The summed E-state index contributed by atoms with van der Waals surface area (Å²) < 4.78 is 21.6. The van der Waals surface area contributed by atoms with E-state index in [2.05, 4.69) is 6.58 Å². The Hall–Kier alpha value is 0.0400. The molecule has 0 aliphatic carbocycles. The Morgan fingerprint density at radius 1 is 1.25 bits per heavy atom. The first-order chi connectivity index (χ1) is 3.72. The van der Waals surface area contributed by atoms with Gasteiger partial charge in [0.2, 0.25) is 0 Å². The molecular formula is C4H6O2S2. The van der Waals surface area contributed by atoms with Gasteiger partial charge in [0.05, 0.1) is 25.8 Å². The summed E-state index contributed by atoms with van der Waals surface area (Å²) in [4.78, 5) is 0. The third-order valence-electron chi connectivity index (χ3n) is 0.962. The van der Waals surface area contributed by atoms with Crippen molar-refractivity contribution in [3.63, 3.8) is 0 Å². The molecule has 4 heteroatoms. The number of hydrogen-bond donors (Lipinski definition) is 0. The van der Waals surface area contributed by atoms with Crippen LogP contribution in [-0.2, 0) is 21.6 Å². The molecule has 0 amide bonds. The standard InChI is InChI=1S/C4H6O2S2/c1-4-7(5)2-3-8(4)6/h1-3H2/t7-,8+. The number of hydrogen-bond acceptors (Lipinski definition) is 2. The third kappa shape index (κ3) is 0.902. The van der Waals surface area contributed by atoms with Gasteiger partial charge in [0.1, 0.15) is 0 Å². The van der Waals surface area contributed by atoms with Gasteiger partial charge in [-0.15, -0.1) is 0 Å². The molecule has 0 aromatic carbocycles. The summed E-state index contributed by atoms with van der Waals surface area (Å²) in [5.74, 6) is 1.07. The fourth-order valence-electron chi connectivity index (χ4n) is 0.483.